The number of rotatable bonds is 4. The van der Waals surface area contributed by atoms with E-state index < -0.39 is 0 Å². The van der Waals surface area contributed by atoms with Crippen LogP contribution in [0.15, 0.2) is 67.0 Å². The second-order valence-corrected chi connectivity index (χ2v) is 5.56. The molecule has 106 valence electrons. The lowest BCUT2D eigenvalue weighted by molar-refractivity contribution is 1.07. The normalized spacial score (nSPS) is 10.6. The Morgan fingerprint density at radius 2 is 1.67 bits per heavy atom. The molecule has 1 N–H and O–H groups in total. The molecular formula is C17H14Cl2N2. The van der Waals surface area contributed by atoms with Gasteiger partial charge in [0.15, 0.2) is 0 Å². The van der Waals surface area contributed by atoms with E-state index in [4.69, 9.17) is 23.2 Å². The zero-order valence-electron chi connectivity index (χ0n) is 11.3. The fourth-order valence-electron chi connectivity index (χ4n) is 2.14. The van der Waals surface area contributed by atoms with Crippen LogP contribution in [0, 0.1) is 0 Å². The molecule has 3 aromatic rings. The van der Waals surface area contributed by atoms with Gasteiger partial charge < -0.3 is 9.88 Å². The zero-order chi connectivity index (χ0) is 14.7. The Balaban J connectivity index is 1.73. The summed E-state index contributed by atoms with van der Waals surface area (Å²) in [5, 5.41) is 4.55. The van der Waals surface area contributed by atoms with Crippen LogP contribution >= 0.6 is 23.2 Å². The first-order valence-corrected chi connectivity index (χ1v) is 7.39. The van der Waals surface area contributed by atoms with Gasteiger partial charge in [-0.15, -0.1) is 0 Å². The first-order chi connectivity index (χ1) is 10.2. The van der Waals surface area contributed by atoms with Crippen LogP contribution in [0.5, 0.6) is 0 Å². The van der Waals surface area contributed by atoms with E-state index in [-0.39, 0.29) is 0 Å². The highest BCUT2D eigenvalue weighted by Crippen LogP contribution is 2.23. The molecule has 0 fully saturated rings. The average molecular weight is 317 g/mol. The fourth-order valence-corrected chi connectivity index (χ4v) is 2.46. The van der Waals surface area contributed by atoms with E-state index in [2.05, 4.69) is 22.0 Å². The zero-order valence-corrected chi connectivity index (χ0v) is 12.8. The minimum atomic E-state index is 0.579. The van der Waals surface area contributed by atoms with Crippen molar-refractivity contribution in [2.75, 3.05) is 5.32 Å². The maximum absolute atomic E-state index is 6.03. The average Bonchev–Trinajstić information content (AvgIpc) is 3.03. The second-order valence-electron chi connectivity index (χ2n) is 4.74. The van der Waals surface area contributed by atoms with Crippen molar-refractivity contribution in [1.82, 2.24) is 4.57 Å². The molecule has 3 rings (SSSR count). The van der Waals surface area contributed by atoms with E-state index in [9.17, 15) is 0 Å². The molecule has 4 heteroatoms. The van der Waals surface area contributed by atoms with Gasteiger partial charge >= 0.3 is 0 Å². The van der Waals surface area contributed by atoms with E-state index in [1.165, 1.54) is 0 Å². The molecule has 0 aliphatic heterocycles. The maximum Gasteiger partial charge on any atom is 0.0595 e. The van der Waals surface area contributed by atoms with Crippen molar-refractivity contribution >= 4 is 28.9 Å². The number of benzene rings is 2. The van der Waals surface area contributed by atoms with Crippen molar-refractivity contribution in [3.8, 4) is 5.69 Å². The van der Waals surface area contributed by atoms with Crippen LogP contribution in [0.1, 0.15) is 5.56 Å². The summed E-state index contributed by atoms with van der Waals surface area (Å²) in [6, 6.07) is 17.9. The second kappa shape index (κ2) is 6.25. The molecule has 21 heavy (non-hydrogen) atoms. The van der Waals surface area contributed by atoms with Gasteiger partial charge in [-0.25, -0.2) is 0 Å². The van der Waals surface area contributed by atoms with Crippen molar-refractivity contribution in [2.45, 2.75) is 6.54 Å². The van der Waals surface area contributed by atoms with Gasteiger partial charge in [-0.1, -0.05) is 35.3 Å². The minimum absolute atomic E-state index is 0.579. The Hall–Kier alpha value is -1.90. The topological polar surface area (TPSA) is 17.0 Å². The summed E-state index contributed by atoms with van der Waals surface area (Å²) in [4.78, 5) is 0. The van der Waals surface area contributed by atoms with Gasteiger partial charge in [0.1, 0.15) is 0 Å². The highest BCUT2D eigenvalue weighted by Gasteiger charge is 2.01. The Kier molecular flexibility index (Phi) is 4.18. The lowest BCUT2D eigenvalue weighted by Crippen LogP contribution is -2.00. The molecule has 0 atom stereocenters. The predicted octanol–water partition coefficient (Wildman–Crippen LogP) is 5.40. The molecule has 2 aromatic carbocycles. The van der Waals surface area contributed by atoms with Crippen LogP contribution in [0.4, 0.5) is 5.69 Å². The number of anilines is 1. The lowest BCUT2D eigenvalue weighted by atomic mass is 10.2. The summed E-state index contributed by atoms with van der Waals surface area (Å²) in [6.45, 7) is 0.700. The third-order valence-corrected chi connectivity index (χ3v) is 3.97. The monoisotopic (exact) mass is 316 g/mol. The van der Waals surface area contributed by atoms with Crippen LogP contribution < -0.4 is 5.32 Å². The van der Waals surface area contributed by atoms with Gasteiger partial charge in [-0.3, -0.25) is 0 Å². The van der Waals surface area contributed by atoms with Gasteiger partial charge in [0.25, 0.3) is 0 Å². The van der Waals surface area contributed by atoms with Crippen LogP contribution in [-0.2, 0) is 6.54 Å². The SMILES string of the molecule is Clc1ccc(CNc2cccc(-n3cccc3)c2)cc1Cl. The number of aromatic nitrogens is 1. The largest absolute Gasteiger partial charge is 0.381 e. The summed E-state index contributed by atoms with van der Waals surface area (Å²) in [5.41, 5.74) is 3.28. The predicted molar refractivity (Wildman–Crippen MR) is 89.6 cm³/mol. The summed E-state index contributed by atoms with van der Waals surface area (Å²) >= 11 is 11.9. The van der Waals surface area contributed by atoms with Gasteiger partial charge in [0.2, 0.25) is 0 Å². The van der Waals surface area contributed by atoms with Crippen molar-refractivity contribution in [3.63, 3.8) is 0 Å². The van der Waals surface area contributed by atoms with Crippen molar-refractivity contribution in [1.29, 1.82) is 0 Å². The molecule has 0 aliphatic carbocycles. The molecule has 0 amide bonds. The van der Waals surface area contributed by atoms with Crippen LogP contribution in [0.3, 0.4) is 0 Å². The molecule has 0 saturated carbocycles. The maximum atomic E-state index is 6.03. The molecule has 0 spiro atoms. The Morgan fingerprint density at radius 3 is 2.43 bits per heavy atom. The first-order valence-electron chi connectivity index (χ1n) is 6.63. The van der Waals surface area contributed by atoms with E-state index in [0.29, 0.717) is 16.6 Å². The quantitative estimate of drug-likeness (QED) is 0.682. The highest BCUT2D eigenvalue weighted by atomic mass is 35.5. The van der Waals surface area contributed by atoms with Crippen LogP contribution in [0.2, 0.25) is 10.0 Å². The molecule has 2 nitrogen and oxygen atoms in total. The summed E-state index contributed by atoms with van der Waals surface area (Å²) in [7, 11) is 0. The number of nitrogens with zero attached hydrogens (tertiary/aromatic N) is 1. The molecule has 0 aliphatic rings. The Morgan fingerprint density at radius 1 is 0.857 bits per heavy atom. The molecule has 0 bridgehead atoms. The summed E-state index contributed by atoms with van der Waals surface area (Å²) < 4.78 is 2.07. The Labute approximate surface area is 133 Å². The highest BCUT2D eigenvalue weighted by molar-refractivity contribution is 6.42. The standard InChI is InChI=1S/C17H14Cl2N2/c18-16-7-6-13(10-17(16)19)12-20-14-4-3-5-15(11-14)21-8-1-2-9-21/h1-11,20H,12H2. The number of hydrogen-bond donors (Lipinski definition) is 1. The van der Waals surface area contributed by atoms with Crippen molar-refractivity contribution in [2.24, 2.45) is 0 Å². The molecule has 0 radical (unpaired) electrons. The van der Waals surface area contributed by atoms with Gasteiger partial charge in [0.05, 0.1) is 10.0 Å². The van der Waals surface area contributed by atoms with E-state index in [1.54, 1.807) is 0 Å². The summed E-state index contributed by atoms with van der Waals surface area (Å²) in [5.74, 6) is 0. The number of hydrogen-bond acceptors (Lipinski definition) is 1. The Bertz CT molecular complexity index is 736. The van der Waals surface area contributed by atoms with E-state index in [1.807, 2.05) is 54.9 Å². The third kappa shape index (κ3) is 3.41. The number of halogens is 2. The van der Waals surface area contributed by atoms with Crippen LogP contribution in [-0.4, -0.2) is 4.57 Å². The first kappa shape index (κ1) is 14.1. The third-order valence-electron chi connectivity index (χ3n) is 3.23. The van der Waals surface area contributed by atoms with Gasteiger partial charge in [0, 0.05) is 30.3 Å². The van der Waals surface area contributed by atoms with Crippen molar-refractivity contribution in [3.05, 3.63) is 82.6 Å². The number of nitrogens with one attached hydrogen (secondary N) is 1. The molecule has 0 unspecified atom stereocenters. The summed E-state index contributed by atoms with van der Waals surface area (Å²) in [6.07, 6.45) is 4.05. The molecular weight excluding hydrogens is 303 g/mol. The minimum Gasteiger partial charge on any atom is -0.381 e. The molecule has 1 aromatic heterocycles. The molecule has 1 heterocycles. The van der Waals surface area contributed by atoms with Crippen LogP contribution in [0.25, 0.3) is 5.69 Å². The fraction of sp³-hybridized carbons (Fsp3) is 0.0588. The van der Waals surface area contributed by atoms with E-state index >= 15 is 0 Å². The lowest BCUT2D eigenvalue weighted by Gasteiger charge is -2.10. The van der Waals surface area contributed by atoms with Gasteiger partial charge in [-0.2, -0.15) is 0 Å². The molecule has 0 saturated heterocycles. The van der Waals surface area contributed by atoms with Gasteiger partial charge in [-0.05, 0) is 48.0 Å². The van der Waals surface area contributed by atoms with E-state index in [0.717, 1.165) is 16.9 Å². The smallest absolute Gasteiger partial charge is 0.0595 e. The van der Waals surface area contributed by atoms with Crippen molar-refractivity contribution < 1.29 is 0 Å².